The maximum absolute atomic E-state index is 12.9. The first-order chi connectivity index (χ1) is 15.1. The maximum atomic E-state index is 12.9. The molecule has 1 aromatic heterocycles. The van der Waals surface area contributed by atoms with Gasteiger partial charge in [-0.25, -0.2) is 4.98 Å². The molecule has 7 heteroatoms. The van der Waals surface area contributed by atoms with Crippen LogP contribution in [0, 0.1) is 11.3 Å². The van der Waals surface area contributed by atoms with E-state index in [1.807, 2.05) is 29.2 Å². The van der Waals surface area contributed by atoms with E-state index in [9.17, 15) is 9.59 Å². The number of rotatable bonds is 4. The van der Waals surface area contributed by atoms with Gasteiger partial charge in [-0.15, -0.1) is 0 Å². The number of carbonyl (C=O) groups is 2. The van der Waals surface area contributed by atoms with Crippen molar-refractivity contribution < 1.29 is 9.59 Å². The van der Waals surface area contributed by atoms with Crippen molar-refractivity contribution in [3.8, 4) is 6.07 Å². The number of likely N-dealkylation sites (tertiary alicyclic amines) is 1. The Labute approximate surface area is 180 Å². The molecule has 1 saturated heterocycles. The third-order valence-corrected chi connectivity index (χ3v) is 5.65. The first kappa shape index (κ1) is 20.4. The van der Waals surface area contributed by atoms with Crippen LogP contribution in [0.1, 0.15) is 41.2 Å². The first-order valence-electron chi connectivity index (χ1n) is 10.3. The average molecular weight is 413 g/mol. The van der Waals surface area contributed by atoms with Gasteiger partial charge in [-0.1, -0.05) is 18.7 Å². The van der Waals surface area contributed by atoms with Gasteiger partial charge in [0.2, 0.25) is 11.9 Å². The van der Waals surface area contributed by atoms with Crippen LogP contribution in [0.2, 0.25) is 0 Å². The number of hydrogen-bond donors (Lipinski definition) is 1. The second-order valence-electron chi connectivity index (χ2n) is 7.55. The highest BCUT2D eigenvalue weighted by Crippen LogP contribution is 2.31. The number of nitrogens with zero attached hydrogens (tertiary/aromatic N) is 4. The molecule has 1 fully saturated rings. The lowest BCUT2D eigenvalue weighted by molar-refractivity contribution is -0.125. The van der Waals surface area contributed by atoms with Crippen LogP contribution < -0.4 is 5.32 Å². The fourth-order valence-electron chi connectivity index (χ4n) is 4.06. The minimum Gasteiger partial charge on any atom is -0.339 e. The van der Waals surface area contributed by atoms with Crippen molar-refractivity contribution in [1.29, 1.82) is 5.26 Å². The molecule has 4 rings (SSSR count). The van der Waals surface area contributed by atoms with Gasteiger partial charge in [-0.2, -0.15) is 5.26 Å². The number of nitriles is 1. The Hall–Kier alpha value is -3.92. The number of amides is 2. The molecule has 2 amide bonds. The molecule has 2 aromatic carbocycles. The van der Waals surface area contributed by atoms with Gasteiger partial charge in [0.25, 0.3) is 5.91 Å². The molecule has 0 unspecified atom stereocenters. The summed E-state index contributed by atoms with van der Waals surface area (Å²) in [5.41, 5.74) is 2.72. The van der Waals surface area contributed by atoms with Crippen molar-refractivity contribution in [2.24, 2.45) is 0 Å². The van der Waals surface area contributed by atoms with E-state index >= 15 is 0 Å². The van der Waals surface area contributed by atoms with Gasteiger partial charge in [-0.05, 0) is 61.7 Å². The van der Waals surface area contributed by atoms with Gasteiger partial charge in [-0.3, -0.25) is 14.9 Å². The minimum absolute atomic E-state index is 0.0505. The number of hydrogen-bond acceptors (Lipinski definition) is 4. The van der Waals surface area contributed by atoms with Gasteiger partial charge < -0.3 is 9.47 Å². The summed E-state index contributed by atoms with van der Waals surface area (Å²) in [6, 6.07) is 16.5. The van der Waals surface area contributed by atoms with E-state index in [0.29, 0.717) is 30.2 Å². The Kier molecular flexibility index (Phi) is 5.80. The summed E-state index contributed by atoms with van der Waals surface area (Å²) < 4.78 is 2.08. The summed E-state index contributed by atoms with van der Waals surface area (Å²) in [5, 5.41) is 11.9. The van der Waals surface area contributed by atoms with E-state index < -0.39 is 0 Å². The van der Waals surface area contributed by atoms with E-state index in [4.69, 9.17) is 5.26 Å². The summed E-state index contributed by atoms with van der Waals surface area (Å²) in [6.45, 7) is 4.92. The van der Waals surface area contributed by atoms with Gasteiger partial charge in [0.15, 0.2) is 0 Å². The molecule has 0 bridgehead atoms. The summed E-state index contributed by atoms with van der Waals surface area (Å²) in [7, 11) is 0. The molecule has 7 nitrogen and oxygen atoms in total. The molecule has 1 N–H and O–H groups in total. The van der Waals surface area contributed by atoms with Crippen LogP contribution in [0.25, 0.3) is 11.0 Å². The summed E-state index contributed by atoms with van der Waals surface area (Å²) in [5.74, 6) is 0.160. The van der Waals surface area contributed by atoms with E-state index in [2.05, 4.69) is 27.5 Å². The summed E-state index contributed by atoms with van der Waals surface area (Å²) in [6.07, 6.45) is 3.86. The second kappa shape index (κ2) is 8.84. The minimum atomic E-state index is -0.280. The van der Waals surface area contributed by atoms with E-state index in [1.54, 1.807) is 24.3 Å². The third-order valence-electron chi connectivity index (χ3n) is 5.65. The predicted molar refractivity (Wildman–Crippen MR) is 119 cm³/mol. The molecule has 0 spiro atoms. The number of imidazole rings is 1. The lowest BCUT2D eigenvalue weighted by Crippen LogP contribution is -2.30. The number of anilines is 1. The molecule has 156 valence electrons. The van der Waals surface area contributed by atoms with Gasteiger partial charge in [0, 0.05) is 24.7 Å². The van der Waals surface area contributed by atoms with Gasteiger partial charge in [0.05, 0.1) is 22.7 Å². The van der Waals surface area contributed by atoms with Gasteiger partial charge >= 0.3 is 0 Å². The lowest BCUT2D eigenvalue weighted by Gasteiger charge is -2.21. The van der Waals surface area contributed by atoms with Crippen LogP contribution in [-0.4, -0.2) is 39.4 Å². The molecule has 0 radical (unpaired) electrons. The van der Waals surface area contributed by atoms with Crippen molar-refractivity contribution in [3.63, 3.8) is 0 Å². The van der Waals surface area contributed by atoms with E-state index in [1.165, 1.54) is 6.08 Å². The number of fused-ring (bicyclic) bond motifs is 1. The number of nitrogens with one attached hydrogen (secondary N) is 1. The van der Waals surface area contributed by atoms with Crippen molar-refractivity contribution in [2.75, 3.05) is 18.4 Å². The van der Waals surface area contributed by atoms with Gasteiger partial charge in [0.1, 0.15) is 0 Å². The Bertz CT molecular complexity index is 1170. The Morgan fingerprint density at radius 2 is 1.90 bits per heavy atom. The van der Waals surface area contributed by atoms with Crippen LogP contribution >= 0.6 is 0 Å². The van der Waals surface area contributed by atoms with Crippen LogP contribution in [0.5, 0.6) is 0 Å². The number of carbonyl (C=O) groups excluding carboxylic acids is 2. The highest BCUT2D eigenvalue weighted by molar-refractivity contribution is 6.04. The number of para-hydroxylation sites is 2. The topological polar surface area (TPSA) is 91.0 Å². The van der Waals surface area contributed by atoms with E-state index in [-0.39, 0.29) is 17.9 Å². The van der Waals surface area contributed by atoms with Crippen molar-refractivity contribution in [1.82, 2.24) is 14.5 Å². The zero-order valence-electron chi connectivity index (χ0n) is 17.1. The molecular weight excluding hydrogens is 390 g/mol. The molecule has 2 heterocycles. The zero-order valence-corrected chi connectivity index (χ0v) is 17.1. The maximum Gasteiger partial charge on any atom is 0.257 e. The lowest BCUT2D eigenvalue weighted by atomic mass is 10.1. The monoisotopic (exact) mass is 413 g/mol. The predicted octanol–water partition coefficient (Wildman–Crippen LogP) is 3.90. The molecule has 1 aliphatic rings. The molecule has 1 aliphatic heterocycles. The highest BCUT2D eigenvalue weighted by atomic mass is 16.2. The fourth-order valence-corrected chi connectivity index (χ4v) is 4.06. The summed E-state index contributed by atoms with van der Waals surface area (Å²) >= 11 is 0. The van der Waals surface area contributed by atoms with Crippen LogP contribution in [0.15, 0.2) is 61.2 Å². The quantitative estimate of drug-likeness (QED) is 0.657. The van der Waals surface area contributed by atoms with Crippen LogP contribution in [0.3, 0.4) is 0 Å². The van der Waals surface area contributed by atoms with Crippen LogP contribution in [-0.2, 0) is 4.79 Å². The molecular formula is C24H23N5O2. The average Bonchev–Trinajstić information content (AvgIpc) is 2.99. The highest BCUT2D eigenvalue weighted by Gasteiger charge is 2.25. The molecule has 0 aliphatic carbocycles. The Balaban J connectivity index is 1.64. The number of benzene rings is 2. The summed E-state index contributed by atoms with van der Waals surface area (Å²) in [4.78, 5) is 31.4. The Morgan fingerprint density at radius 3 is 2.65 bits per heavy atom. The molecule has 1 atom stereocenters. The SMILES string of the molecule is C=CC(=O)N1CCC[C@@H](n2c(NC(=O)c3ccc(C#N)cc3)nc3ccccc32)CC1. The van der Waals surface area contributed by atoms with Crippen LogP contribution in [0.4, 0.5) is 5.95 Å². The normalized spacial score (nSPS) is 16.4. The number of aromatic nitrogens is 2. The standard InChI is InChI=1S/C24H23N5O2/c1-2-22(30)28-14-5-6-19(13-15-28)29-21-8-4-3-7-20(21)26-24(29)27-23(31)18-11-9-17(16-25)10-12-18/h2-4,7-12,19H,1,5-6,13-15H2,(H,26,27,31)/t19-/m1/s1. The largest absolute Gasteiger partial charge is 0.339 e. The van der Waals surface area contributed by atoms with Crippen molar-refractivity contribution in [3.05, 3.63) is 72.3 Å². The van der Waals surface area contributed by atoms with Crippen molar-refractivity contribution in [2.45, 2.75) is 25.3 Å². The molecule has 3 aromatic rings. The Morgan fingerprint density at radius 1 is 1.13 bits per heavy atom. The smallest absolute Gasteiger partial charge is 0.257 e. The fraction of sp³-hybridized carbons (Fsp3) is 0.250. The molecule has 0 saturated carbocycles. The zero-order chi connectivity index (χ0) is 21.8. The first-order valence-corrected chi connectivity index (χ1v) is 10.3. The second-order valence-corrected chi connectivity index (χ2v) is 7.55. The third kappa shape index (κ3) is 4.19. The molecule has 31 heavy (non-hydrogen) atoms. The van der Waals surface area contributed by atoms with E-state index in [0.717, 1.165) is 30.3 Å². The van der Waals surface area contributed by atoms with Crippen molar-refractivity contribution >= 4 is 28.8 Å².